The van der Waals surface area contributed by atoms with Crippen molar-refractivity contribution in [3.8, 4) is 12.0 Å². The van der Waals surface area contributed by atoms with Crippen LogP contribution in [0.3, 0.4) is 0 Å². The van der Waals surface area contributed by atoms with Crippen molar-refractivity contribution in [2.75, 3.05) is 13.2 Å². The van der Waals surface area contributed by atoms with Gasteiger partial charge in [-0.2, -0.15) is 0 Å². The molecule has 0 aliphatic heterocycles. The van der Waals surface area contributed by atoms with Crippen molar-refractivity contribution in [1.29, 1.82) is 0 Å². The Kier molecular flexibility index (Phi) is 20.1. The monoisotopic (exact) mass is 365 g/mol. The van der Waals surface area contributed by atoms with Gasteiger partial charge in [0.2, 0.25) is 0 Å². The zero-order valence-corrected chi connectivity index (χ0v) is 18.2. The first-order chi connectivity index (χ1) is 12.7. The Morgan fingerprint density at radius 3 is 1.38 bits per heavy atom. The maximum atomic E-state index is 8.81. The van der Waals surface area contributed by atoms with E-state index in [1.165, 1.54) is 103 Å². The highest BCUT2D eigenvalue weighted by atomic mass is 16.2. The second-order valence-corrected chi connectivity index (χ2v) is 8.04. The standard InChI is InChI=1S/C24H47NO/c1-4-5-6-7-8-9-10-11-12-13-14-15-16-17-18-19-21-25(24(2)3)22-20-23-26/h24,26H,4-19,21,23H2,1-3H3. The van der Waals surface area contributed by atoms with Gasteiger partial charge in [-0.3, -0.25) is 0 Å². The van der Waals surface area contributed by atoms with Crippen molar-refractivity contribution < 1.29 is 5.11 Å². The summed E-state index contributed by atoms with van der Waals surface area (Å²) in [5.74, 6) is 2.77. The van der Waals surface area contributed by atoms with Gasteiger partial charge < -0.3 is 10.0 Å². The van der Waals surface area contributed by atoms with Gasteiger partial charge in [-0.05, 0) is 20.3 Å². The lowest BCUT2D eigenvalue weighted by Gasteiger charge is -2.21. The summed E-state index contributed by atoms with van der Waals surface area (Å²) in [6, 6.07) is 3.49. The third-order valence-corrected chi connectivity index (χ3v) is 5.18. The number of hydrogen-bond donors (Lipinski definition) is 1. The van der Waals surface area contributed by atoms with E-state index in [0.29, 0.717) is 6.04 Å². The third-order valence-electron chi connectivity index (χ3n) is 5.18. The Bertz CT molecular complexity index is 329. The highest BCUT2D eigenvalue weighted by molar-refractivity contribution is 4.99. The number of aliphatic hydroxyl groups excluding tert-OH is 1. The molecule has 26 heavy (non-hydrogen) atoms. The first-order valence-corrected chi connectivity index (χ1v) is 11.6. The topological polar surface area (TPSA) is 23.5 Å². The zero-order valence-electron chi connectivity index (χ0n) is 18.2. The molecule has 0 aliphatic carbocycles. The predicted molar refractivity (Wildman–Crippen MR) is 116 cm³/mol. The third kappa shape index (κ3) is 18.1. The number of aliphatic hydroxyl groups is 1. The van der Waals surface area contributed by atoms with Crippen molar-refractivity contribution in [3.63, 3.8) is 0 Å². The Balaban J connectivity index is 3.26. The molecule has 1 N–H and O–H groups in total. The van der Waals surface area contributed by atoms with Gasteiger partial charge in [0.05, 0.1) is 0 Å². The van der Waals surface area contributed by atoms with Crippen LogP contribution < -0.4 is 0 Å². The molecule has 0 amide bonds. The normalized spacial score (nSPS) is 10.8. The molecule has 2 nitrogen and oxygen atoms in total. The van der Waals surface area contributed by atoms with Gasteiger partial charge in [-0.15, -0.1) is 0 Å². The van der Waals surface area contributed by atoms with Crippen molar-refractivity contribution in [2.24, 2.45) is 0 Å². The number of unbranched alkanes of at least 4 members (excludes halogenated alkanes) is 15. The van der Waals surface area contributed by atoms with Crippen molar-refractivity contribution in [1.82, 2.24) is 4.90 Å². The van der Waals surface area contributed by atoms with Crippen LogP contribution in [0.25, 0.3) is 0 Å². The maximum absolute atomic E-state index is 8.81. The summed E-state index contributed by atoms with van der Waals surface area (Å²) in [5.41, 5.74) is 0. The van der Waals surface area contributed by atoms with E-state index in [1.54, 1.807) is 0 Å². The van der Waals surface area contributed by atoms with Crippen molar-refractivity contribution in [2.45, 2.75) is 130 Å². The fourth-order valence-electron chi connectivity index (χ4n) is 3.41. The summed E-state index contributed by atoms with van der Waals surface area (Å²) in [4.78, 5) is 2.15. The predicted octanol–water partition coefficient (Wildman–Crippen LogP) is 6.91. The van der Waals surface area contributed by atoms with Crippen LogP contribution in [-0.4, -0.2) is 29.2 Å². The van der Waals surface area contributed by atoms with E-state index < -0.39 is 0 Å². The fourth-order valence-corrected chi connectivity index (χ4v) is 3.41. The Morgan fingerprint density at radius 1 is 0.654 bits per heavy atom. The highest BCUT2D eigenvalue weighted by Gasteiger charge is 2.03. The highest BCUT2D eigenvalue weighted by Crippen LogP contribution is 2.14. The summed E-state index contributed by atoms with van der Waals surface area (Å²) in [7, 11) is 0. The molecule has 2 heteroatoms. The summed E-state index contributed by atoms with van der Waals surface area (Å²) in [6.07, 6.45) is 22.5. The second kappa shape index (κ2) is 20.6. The van der Waals surface area contributed by atoms with Gasteiger partial charge in [0, 0.05) is 18.6 Å². The summed E-state index contributed by atoms with van der Waals surface area (Å²) < 4.78 is 0. The molecule has 154 valence electrons. The second-order valence-electron chi connectivity index (χ2n) is 8.04. The van der Waals surface area contributed by atoms with Crippen LogP contribution >= 0.6 is 0 Å². The number of rotatable bonds is 18. The van der Waals surface area contributed by atoms with E-state index in [2.05, 4.69) is 37.6 Å². The number of nitrogens with zero attached hydrogens (tertiary/aromatic N) is 1. The molecule has 0 rings (SSSR count). The molecular weight excluding hydrogens is 318 g/mol. The molecule has 0 fully saturated rings. The van der Waals surface area contributed by atoms with E-state index in [9.17, 15) is 0 Å². The maximum Gasteiger partial charge on any atom is 0.106 e. The smallest absolute Gasteiger partial charge is 0.106 e. The largest absolute Gasteiger partial charge is 0.384 e. The van der Waals surface area contributed by atoms with E-state index in [4.69, 9.17) is 5.11 Å². The Labute approximate surface area is 165 Å². The molecule has 0 saturated heterocycles. The number of hydrogen-bond acceptors (Lipinski definition) is 2. The zero-order chi connectivity index (χ0) is 19.3. The van der Waals surface area contributed by atoms with Crippen LogP contribution in [0.15, 0.2) is 0 Å². The van der Waals surface area contributed by atoms with Crippen LogP contribution in [0, 0.1) is 12.0 Å². The van der Waals surface area contributed by atoms with Gasteiger partial charge in [-0.1, -0.05) is 109 Å². The molecule has 0 heterocycles. The Hall–Kier alpha value is -0.680. The molecule has 0 aromatic carbocycles. The minimum absolute atomic E-state index is 0.0395. The molecule has 0 aromatic heterocycles. The van der Waals surface area contributed by atoms with Gasteiger partial charge in [-0.25, -0.2) is 0 Å². The minimum Gasteiger partial charge on any atom is -0.384 e. The fraction of sp³-hybridized carbons (Fsp3) is 0.917. The quantitative estimate of drug-likeness (QED) is 0.162. The molecule has 0 aromatic rings. The SMILES string of the molecule is CCCCCCCCCCCCCCCCCCN(C#CCO)C(C)C. The summed E-state index contributed by atoms with van der Waals surface area (Å²) >= 11 is 0. The van der Waals surface area contributed by atoms with Crippen molar-refractivity contribution in [3.05, 3.63) is 0 Å². The molecule has 0 saturated carbocycles. The van der Waals surface area contributed by atoms with E-state index >= 15 is 0 Å². The van der Waals surface area contributed by atoms with Gasteiger partial charge in [0.1, 0.15) is 6.61 Å². The van der Waals surface area contributed by atoms with E-state index in [-0.39, 0.29) is 6.61 Å². The average Bonchev–Trinajstić information content (AvgIpc) is 2.63. The van der Waals surface area contributed by atoms with Gasteiger partial charge in [0.15, 0.2) is 0 Å². The van der Waals surface area contributed by atoms with Crippen LogP contribution in [0.1, 0.15) is 124 Å². The van der Waals surface area contributed by atoms with Crippen LogP contribution in [0.5, 0.6) is 0 Å². The molecule has 0 aliphatic rings. The molecule has 0 spiro atoms. The first-order valence-electron chi connectivity index (χ1n) is 11.6. The summed E-state index contributed by atoms with van der Waals surface area (Å²) in [5, 5.41) is 8.81. The molecule has 0 atom stereocenters. The lowest BCUT2D eigenvalue weighted by Crippen LogP contribution is -2.27. The average molecular weight is 366 g/mol. The van der Waals surface area contributed by atoms with Gasteiger partial charge in [0.25, 0.3) is 0 Å². The molecular formula is C24H47NO. The van der Waals surface area contributed by atoms with E-state index in [1.807, 2.05) is 0 Å². The minimum atomic E-state index is -0.0395. The van der Waals surface area contributed by atoms with Gasteiger partial charge >= 0.3 is 0 Å². The Morgan fingerprint density at radius 2 is 1.04 bits per heavy atom. The van der Waals surface area contributed by atoms with E-state index in [0.717, 1.165) is 6.54 Å². The lowest BCUT2D eigenvalue weighted by molar-refractivity contribution is 0.316. The van der Waals surface area contributed by atoms with Crippen LogP contribution in [-0.2, 0) is 0 Å². The van der Waals surface area contributed by atoms with Crippen LogP contribution in [0.4, 0.5) is 0 Å². The first kappa shape index (κ1) is 25.3. The lowest BCUT2D eigenvalue weighted by atomic mass is 10.0. The molecule has 0 radical (unpaired) electrons. The van der Waals surface area contributed by atoms with Crippen molar-refractivity contribution >= 4 is 0 Å². The molecule has 0 bridgehead atoms. The van der Waals surface area contributed by atoms with Crippen LogP contribution in [0.2, 0.25) is 0 Å². The molecule has 0 unspecified atom stereocenters. The summed E-state index contributed by atoms with van der Waals surface area (Å²) in [6.45, 7) is 7.61.